The van der Waals surface area contributed by atoms with Crippen LogP contribution < -0.4 is 9.64 Å². The van der Waals surface area contributed by atoms with E-state index in [1.54, 1.807) is 0 Å². The molecule has 0 unspecified atom stereocenters. The fourth-order valence-electron chi connectivity index (χ4n) is 3.37. The molecule has 0 saturated heterocycles. The Kier molecular flexibility index (Phi) is 6.70. The van der Waals surface area contributed by atoms with Gasteiger partial charge in [-0.3, -0.25) is 14.5 Å². The average molecular weight is 392 g/mol. The Bertz CT molecular complexity index is 888. The summed E-state index contributed by atoms with van der Waals surface area (Å²) in [5, 5.41) is 0. The van der Waals surface area contributed by atoms with Crippen molar-refractivity contribution in [2.24, 2.45) is 0 Å². The quantitative estimate of drug-likeness (QED) is 0.590. The Morgan fingerprint density at radius 1 is 0.897 bits per heavy atom. The Hall–Kier alpha value is -3.08. The first-order valence-corrected chi connectivity index (χ1v) is 10.2. The van der Waals surface area contributed by atoms with Gasteiger partial charge in [-0.1, -0.05) is 50.6 Å². The molecule has 2 aromatic carbocycles. The maximum atomic E-state index is 13.2. The summed E-state index contributed by atoms with van der Waals surface area (Å²) in [5.41, 5.74) is 2.45. The van der Waals surface area contributed by atoms with Crippen LogP contribution in [0.1, 0.15) is 38.7 Å². The van der Waals surface area contributed by atoms with E-state index in [2.05, 4.69) is 6.92 Å². The van der Waals surface area contributed by atoms with Gasteiger partial charge in [-0.2, -0.15) is 0 Å². The van der Waals surface area contributed by atoms with Crippen molar-refractivity contribution in [3.8, 4) is 5.75 Å². The highest BCUT2D eigenvalue weighted by atomic mass is 16.5. The lowest BCUT2D eigenvalue weighted by atomic mass is 10.0. The number of hydrogen-bond donors (Lipinski definition) is 0. The maximum Gasteiger partial charge on any atom is 0.278 e. The van der Waals surface area contributed by atoms with Crippen LogP contribution in [-0.4, -0.2) is 36.9 Å². The number of para-hydroxylation sites is 1. The van der Waals surface area contributed by atoms with Crippen LogP contribution in [-0.2, 0) is 9.59 Å². The number of nitrogens with zero attached hydrogens (tertiary/aromatic N) is 2. The Balaban J connectivity index is 2.02. The van der Waals surface area contributed by atoms with Crippen molar-refractivity contribution in [1.82, 2.24) is 4.90 Å². The normalized spacial score (nSPS) is 14.0. The molecule has 5 nitrogen and oxygen atoms in total. The minimum absolute atomic E-state index is 0.233. The molecule has 152 valence electrons. The number of benzene rings is 2. The van der Waals surface area contributed by atoms with Crippen molar-refractivity contribution in [2.45, 2.75) is 33.1 Å². The molecule has 0 fully saturated rings. The van der Waals surface area contributed by atoms with Crippen molar-refractivity contribution < 1.29 is 14.3 Å². The van der Waals surface area contributed by atoms with Crippen molar-refractivity contribution in [3.05, 3.63) is 65.9 Å². The molecule has 5 heteroatoms. The summed E-state index contributed by atoms with van der Waals surface area (Å²) in [5.74, 6) is 0.286. The van der Waals surface area contributed by atoms with Crippen LogP contribution in [0, 0.1) is 0 Å². The van der Waals surface area contributed by atoms with Gasteiger partial charge in [0.1, 0.15) is 11.4 Å². The van der Waals surface area contributed by atoms with Gasteiger partial charge < -0.3 is 9.64 Å². The zero-order valence-corrected chi connectivity index (χ0v) is 17.4. The predicted octanol–water partition coefficient (Wildman–Crippen LogP) is 4.49. The zero-order valence-electron chi connectivity index (χ0n) is 17.4. The molecule has 0 aromatic heterocycles. The Morgan fingerprint density at radius 3 is 2.21 bits per heavy atom. The third-order valence-electron chi connectivity index (χ3n) is 4.97. The second-order valence-corrected chi connectivity index (χ2v) is 7.11. The molecule has 2 aromatic rings. The molecule has 1 heterocycles. The van der Waals surface area contributed by atoms with E-state index in [9.17, 15) is 9.59 Å². The van der Waals surface area contributed by atoms with E-state index in [0.717, 1.165) is 36.3 Å². The number of likely N-dealkylation sites (N-methyl/N-ethyl adjacent to an activating group) is 1. The van der Waals surface area contributed by atoms with Gasteiger partial charge in [-0.25, -0.2) is 0 Å². The van der Waals surface area contributed by atoms with Gasteiger partial charge in [-0.05, 0) is 42.7 Å². The van der Waals surface area contributed by atoms with Gasteiger partial charge in [0.15, 0.2) is 0 Å². The van der Waals surface area contributed by atoms with Crippen molar-refractivity contribution in [2.75, 3.05) is 25.1 Å². The molecule has 29 heavy (non-hydrogen) atoms. The molecule has 0 spiro atoms. The van der Waals surface area contributed by atoms with Crippen molar-refractivity contribution >= 4 is 23.1 Å². The number of carbonyl (C=O) groups excluding carboxylic acids is 2. The molecule has 0 bridgehead atoms. The van der Waals surface area contributed by atoms with Crippen LogP contribution in [0.5, 0.6) is 5.75 Å². The van der Waals surface area contributed by atoms with Crippen LogP contribution in [0.4, 0.5) is 5.69 Å². The standard InChI is InChI=1S/C24H28N2O3/c1-4-6-16-26-23(27)21(18-12-14-20(15-13-18)29-17-5-2)22(24(26)28)25(3)19-10-8-7-9-11-19/h7-15H,4-6,16-17H2,1-3H3. The molecular weight excluding hydrogens is 364 g/mol. The number of imide groups is 1. The van der Waals surface area contributed by atoms with E-state index in [1.807, 2.05) is 73.5 Å². The summed E-state index contributed by atoms with van der Waals surface area (Å²) in [7, 11) is 1.83. The summed E-state index contributed by atoms with van der Waals surface area (Å²) in [4.78, 5) is 29.6. The molecule has 0 aliphatic carbocycles. The second kappa shape index (κ2) is 9.41. The lowest BCUT2D eigenvalue weighted by Gasteiger charge is -2.21. The zero-order chi connectivity index (χ0) is 20.8. The Morgan fingerprint density at radius 2 is 1.59 bits per heavy atom. The first kappa shape index (κ1) is 20.6. The summed E-state index contributed by atoms with van der Waals surface area (Å²) >= 11 is 0. The SMILES string of the molecule is CCCCN1C(=O)C(c2ccc(OCCC)cc2)=C(N(C)c2ccccc2)C1=O. The minimum atomic E-state index is -0.240. The van der Waals surface area contributed by atoms with Gasteiger partial charge in [-0.15, -0.1) is 0 Å². The third kappa shape index (κ3) is 4.34. The molecule has 0 radical (unpaired) electrons. The number of rotatable bonds is 9. The van der Waals surface area contributed by atoms with E-state index in [0.29, 0.717) is 24.4 Å². The maximum absolute atomic E-state index is 13.2. The van der Waals surface area contributed by atoms with E-state index >= 15 is 0 Å². The van der Waals surface area contributed by atoms with Gasteiger partial charge in [0, 0.05) is 19.3 Å². The molecule has 0 saturated carbocycles. The van der Waals surface area contributed by atoms with Gasteiger partial charge in [0.05, 0.1) is 12.2 Å². The largest absolute Gasteiger partial charge is 0.494 e. The number of amides is 2. The summed E-state index contributed by atoms with van der Waals surface area (Å²) in [6, 6.07) is 17.0. The van der Waals surface area contributed by atoms with Crippen LogP contribution in [0.15, 0.2) is 60.3 Å². The van der Waals surface area contributed by atoms with E-state index in [1.165, 1.54) is 4.90 Å². The topological polar surface area (TPSA) is 49.9 Å². The molecule has 3 rings (SSSR count). The van der Waals surface area contributed by atoms with Crippen molar-refractivity contribution in [3.63, 3.8) is 0 Å². The lowest BCUT2D eigenvalue weighted by Crippen LogP contribution is -2.35. The number of hydrogen-bond acceptors (Lipinski definition) is 4. The van der Waals surface area contributed by atoms with Crippen LogP contribution in [0.3, 0.4) is 0 Å². The summed E-state index contributed by atoms with van der Waals surface area (Å²) < 4.78 is 5.65. The van der Waals surface area contributed by atoms with E-state index < -0.39 is 0 Å². The molecule has 1 aliphatic heterocycles. The highest BCUT2D eigenvalue weighted by Gasteiger charge is 2.40. The number of unbranched alkanes of at least 4 members (excludes halogenated alkanes) is 1. The highest BCUT2D eigenvalue weighted by molar-refractivity contribution is 6.36. The summed E-state index contributed by atoms with van der Waals surface area (Å²) in [6.07, 6.45) is 2.63. The van der Waals surface area contributed by atoms with Crippen LogP contribution in [0.25, 0.3) is 5.57 Å². The van der Waals surface area contributed by atoms with Gasteiger partial charge in [0.2, 0.25) is 0 Å². The molecule has 2 amide bonds. The van der Waals surface area contributed by atoms with Gasteiger partial charge in [0.25, 0.3) is 11.8 Å². The van der Waals surface area contributed by atoms with E-state index in [-0.39, 0.29) is 11.8 Å². The molecular formula is C24H28N2O3. The highest BCUT2D eigenvalue weighted by Crippen LogP contribution is 2.34. The fraction of sp³-hybridized carbons (Fsp3) is 0.333. The van der Waals surface area contributed by atoms with Crippen LogP contribution in [0.2, 0.25) is 0 Å². The smallest absolute Gasteiger partial charge is 0.278 e. The molecule has 1 aliphatic rings. The predicted molar refractivity (Wildman–Crippen MR) is 116 cm³/mol. The Labute approximate surface area is 172 Å². The van der Waals surface area contributed by atoms with E-state index in [4.69, 9.17) is 4.74 Å². The number of ether oxygens (including phenoxy) is 1. The first-order chi connectivity index (χ1) is 14.1. The molecule has 0 N–H and O–H groups in total. The summed E-state index contributed by atoms with van der Waals surface area (Å²) in [6.45, 7) is 5.18. The minimum Gasteiger partial charge on any atom is -0.494 e. The van der Waals surface area contributed by atoms with Gasteiger partial charge >= 0.3 is 0 Å². The third-order valence-corrected chi connectivity index (χ3v) is 4.97. The monoisotopic (exact) mass is 392 g/mol. The molecule has 0 atom stereocenters. The fourth-order valence-corrected chi connectivity index (χ4v) is 3.37. The van der Waals surface area contributed by atoms with Crippen molar-refractivity contribution in [1.29, 1.82) is 0 Å². The second-order valence-electron chi connectivity index (χ2n) is 7.11. The number of anilines is 1. The average Bonchev–Trinajstić information content (AvgIpc) is 3.01. The number of carbonyl (C=O) groups is 2. The first-order valence-electron chi connectivity index (χ1n) is 10.2. The lowest BCUT2D eigenvalue weighted by molar-refractivity contribution is -0.136. The van der Waals surface area contributed by atoms with Crippen LogP contribution >= 0.6 is 0 Å².